The Morgan fingerprint density at radius 1 is 0.800 bits per heavy atom. The van der Waals surface area contributed by atoms with E-state index in [1.54, 1.807) is 0 Å². The second-order valence-electron chi connectivity index (χ2n) is 3.22. The summed E-state index contributed by atoms with van der Waals surface area (Å²) in [4.78, 5) is 44.0. The van der Waals surface area contributed by atoms with Crippen LogP contribution in [0.3, 0.4) is 0 Å². The SMILES string of the molecule is CC(=O)CC(=O)[CH2][Pt][CH2]C(=O)CC(C)=O. The minimum atomic E-state index is -0.533. The molecule has 4 nitrogen and oxygen atoms in total. The summed E-state index contributed by atoms with van der Waals surface area (Å²) >= 11 is -0.533. The molecule has 0 aromatic rings. The molecule has 0 fully saturated rings. The average molecular weight is 393 g/mol. The Morgan fingerprint density at radius 3 is 1.40 bits per heavy atom. The van der Waals surface area contributed by atoms with Gasteiger partial charge in [-0.05, 0) is 0 Å². The van der Waals surface area contributed by atoms with Crippen molar-refractivity contribution >= 4 is 23.1 Å². The van der Waals surface area contributed by atoms with Gasteiger partial charge in [0.25, 0.3) is 0 Å². The molecule has 0 heterocycles. The molecule has 0 bridgehead atoms. The van der Waals surface area contributed by atoms with Crippen molar-refractivity contribution in [3.05, 3.63) is 0 Å². The second-order valence-corrected chi connectivity index (χ2v) is 5.96. The van der Waals surface area contributed by atoms with Crippen LogP contribution in [0.25, 0.3) is 0 Å². The van der Waals surface area contributed by atoms with Gasteiger partial charge in [-0.1, -0.05) is 0 Å². The molecule has 5 heteroatoms. The van der Waals surface area contributed by atoms with E-state index in [1.165, 1.54) is 13.8 Å². The first kappa shape index (κ1) is 14.4. The fourth-order valence-electron chi connectivity index (χ4n) is 0.850. The van der Waals surface area contributed by atoms with E-state index in [0.29, 0.717) is 9.62 Å². The maximum absolute atomic E-state index is 11.1. The van der Waals surface area contributed by atoms with Crippen LogP contribution in [0, 0.1) is 0 Å². The number of rotatable bonds is 8. The number of carbonyl (C=O) groups is 4. The molecule has 0 saturated heterocycles. The van der Waals surface area contributed by atoms with E-state index >= 15 is 0 Å². The Morgan fingerprint density at radius 2 is 1.13 bits per heavy atom. The van der Waals surface area contributed by atoms with Crippen LogP contribution in [0.1, 0.15) is 26.7 Å². The molecular formula is C10H14O4Pt. The molecule has 0 unspecified atom stereocenters. The van der Waals surface area contributed by atoms with E-state index < -0.39 is 18.6 Å². The zero-order chi connectivity index (χ0) is 11.8. The Balaban J connectivity index is 3.61. The fourth-order valence-corrected chi connectivity index (χ4v) is 2.97. The van der Waals surface area contributed by atoms with Crippen molar-refractivity contribution in [3.8, 4) is 0 Å². The molecule has 0 aromatic heterocycles. The molecule has 0 rings (SSSR count). The van der Waals surface area contributed by atoms with Crippen molar-refractivity contribution in [2.24, 2.45) is 0 Å². The van der Waals surface area contributed by atoms with E-state index in [0.717, 1.165) is 0 Å². The van der Waals surface area contributed by atoms with Crippen LogP contribution < -0.4 is 0 Å². The van der Waals surface area contributed by atoms with E-state index in [-0.39, 0.29) is 36.0 Å². The van der Waals surface area contributed by atoms with Gasteiger partial charge in [-0.15, -0.1) is 0 Å². The molecule has 0 aliphatic rings. The van der Waals surface area contributed by atoms with Gasteiger partial charge >= 0.3 is 97.2 Å². The first-order valence-corrected chi connectivity index (χ1v) is 7.60. The van der Waals surface area contributed by atoms with Crippen molar-refractivity contribution in [3.63, 3.8) is 0 Å². The molecule has 0 aliphatic heterocycles. The van der Waals surface area contributed by atoms with E-state index in [9.17, 15) is 19.2 Å². The standard InChI is InChI=1S/2C5H7O2.Pt/c2*1-4(6)3-5(2)7;/h2*1,3H2,2H3;. The van der Waals surface area contributed by atoms with Crippen LogP contribution in [-0.4, -0.2) is 23.1 Å². The molecule has 0 aromatic carbocycles. The van der Waals surface area contributed by atoms with Crippen molar-refractivity contribution in [2.75, 3.05) is 0 Å². The summed E-state index contributed by atoms with van der Waals surface area (Å²) in [5.74, 6) is -0.462. The van der Waals surface area contributed by atoms with Gasteiger partial charge in [-0.2, -0.15) is 0 Å². The normalized spacial score (nSPS) is 10.0. The van der Waals surface area contributed by atoms with Crippen LogP contribution in [0.5, 0.6) is 0 Å². The monoisotopic (exact) mass is 393 g/mol. The van der Waals surface area contributed by atoms with Gasteiger partial charge in [0, 0.05) is 0 Å². The van der Waals surface area contributed by atoms with Crippen LogP contribution in [0.2, 0.25) is 9.62 Å². The van der Waals surface area contributed by atoms with Gasteiger partial charge < -0.3 is 0 Å². The summed E-state index contributed by atoms with van der Waals surface area (Å²) in [6.07, 6.45) is -0.0538. The summed E-state index contributed by atoms with van der Waals surface area (Å²) in [5.41, 5.74) is 0. The fraction of sp³-hybridized carbons (Fsp3) is 0.600. The predicted octanol–water partition coefficient (Wildman–Crippen LogP) is 1.00. The van der Waals surface area contributed by atoms with Gasteiger partial charge in [0.15, 0.2) is 0 Å². The third-order valence-electron chi connectivity index (χ3n) is 1.30. The van der Waals surface area contributed by atoms with Crippen molar-refractivity contribution in [2.45, 2.75) is 36.3 Å². The molecular weight excluding hydrogens is 379 g/mol. The zero-order valence-electron chi connectivity index (χ0n) is 8.78. The average Bonchev–Trinajstić information content (AvgIpc) is 2.00. The Bertz CT molecular complexity index is 255. The molecule has 0 aliphatic carbocycles. The van der Waals surface area contributed by atoms with Gasteiger partial charge in [0.05, 0.1) is 0 Å². The van der Waals surface area contributed by atoms with Crippen LogP contribution in [0.15, 0.2) is 0 Å². The maximum atomic E-state index is 11.1. The van der Waals surface area contributed by atoms with Gasteiger partial charge in [0.1, 0.15) is 0 Å². The first-order valence-electron chi connectivity index (χ1n) is 4.39. The summed E-state index contributed by atoms with van der Waals surface area (Å²) in [5, 5.41) is 0. The van der Waals surface area contributed by atoms with E-state index in [4.69, 9.17) is 0 Å². The molecule has 0 saturated carbocycles. The molecule has 0 atom stereocenters. The molecule has 0 N–H and O–H groups in total. The summed E-state index contributed by atoms with van der Waals surface area (Å²) in [7, 11) is 0. The number of carbonyl (C=O) groups excluding carboxylic acids is 4. The molecule has 0 radical (unpaired) electrons. The van der Waals surface area contributed by atoms with Gasteiger partial charge in [0.2, 0.25) is 0 Å². The quantitative estimate of drug-likeness (QED) is 0.577. The summed E-state index contributed by atoms with van der Waals surface area (Å²) in [6.45, 7) is 2.74. The molecule has 88 valence electrons. The van der Waals surface area contributed by atoms with Crippen LogP contribution >= 0.6 is 0 Å². The van der Waals surface area contributed by atoms with Gasteiger partial charge in [-0.25, -0.2) is 0 Å². The predicted molar refractivity (Wildman–Crippen MR) is 50.2 cm³/mol. The minimum absolute atomic E-state index is 0.0269. The third-order valence-corrected chi connectivity index (χ3v) is 4.23. The van der Waals surface area contributed by atoms with Crippen molar-refractivity contribution < 1.29 is 37.7 Å². The zero-order valence-corrected chi connectivity index (χ0v) is 11.0. The molecule has 0 amide bonds. The number of Topliss-reactive ketones (excluding diaryl/α,β-unsaturated/α-hetero) is 4. The number of hydrogen-bond donors (Lipinski definition) is 0. The molecule has 15 heavy (non-hydrogen) atoms. The Labute approximate surface area is 97.3 Å². The van der Waals surface area contributed by atoms with Crippen molar-refractivity contribution in [1.82, 2.24) is 0 Å². The van der Waals surface area contributed by atoms with Crippen LogP contribution in [0.4, 0.5) is 0 Å². The topological polar surface area (TPSA) is 68.3 Å². The van der Waals surface area contributed by atoms with Crippen LogP contribution in [-0.2, 0) is 37.7 Å². The van der Waals surface area contributed by atoms with E-state index in [2.05, 4.69) is 0 Å². The van der Waals surface area contributed by atoms with E-state index in [1.807, 2.05) is 0 Å². The first-order chi connectivity index (χ1) is 6.91. The third kappa shape index (κ3) is 9.67. The molecule has 0 spiro atoms. The Kier molecular flexibility index (Phi) is 7.31. The second kappa shape index (κ2) is 7.63. The summed E-state index contributed by atoms with van der Waals surface area (Å²) in [6, 6.07) is 0. The number of ketones is 4. The Hall–Kier alpha value is -0.632. The van der Waals surface area contributed by atoms with Crippen molar-refractivity contribution in [1.29, 1.82) is 0 Å². The van der Waals surface area contributed by atoms with Gasteiger partial charge in [-0.3, -0.25) is 0 Å². The number of hydrogen-bond acceptors (Lipinski definition) is 4. The summed E-state index contributed by atoms with van der Waals surface area (Å²) < 4.78 is 0.